The zero-order valence-corrected chi connectivity index (χ0v) is 11.8. The summed E-state index contributed by atoms with van der Waals surface area (Å²) in [6.45, 7) is 0.263. The molecule has 1 aromatic heterocycles. The van der Waals surface area contributed by atoms with Crippen molar-refractivity contribution in [2.24, 2.45) is 0 Å². The van der Waals surface area contributed by atoms with Crippen LogP contribution in [0.2, 0.25) is 10.0 Å². The van der Waals surface area contributed by atoms with Crippen LogP contribution < -0.4 is 0 Å². The van der Waals surface area contributed by atoms with Crippen LogP contribution in [-0.2, 0) is 21.8 Å². The Balaban J connectivity index is 2.01. The smallest absolute Gasteiger partial charge is 0.219 e. The molecule has 1 N–H and O–H groups in total. The Kier molecular flexibility index (Phi) is 3.66. The zero-order chi connectivity index (χ0) is 14.2. The molecule has 106 valence electrons. The second-order valence-corrected chi connectivity index (χ2v) is 5.20. The van der Waals surface area contributed by atoms with E-state index < -0.39 is 12.1 Å². The molecule has 6 nitrogen and oxygen atoms in total. The summed E-state index contributed by atoms with van der Waals surface area (Å²) in [5.74, 6) is -1.21. The van der Waals surface area contributed by atoms with Crippen molar-refractivity contribution in [2.75, 3.05) is 6.61 Å². The van der Waals surface area contributed by atoms with Gasteiger partial charge in [-0.15, -0.1) is 0 Å². The van der Waals surface area contributed by atoms with Gasteiger partial charge >= 0.3 is 0 Å². The highest BCUT2D eigenvalue weighted by molar-refractivity contribution is 6.35. The number of benzene rings is 1. The molecule has 3 rings (SSSR count). The third-order valence-electron chi connectivity index (χ3n) is 2.96. The first-order valence-electron chi connectivity index (χ1n) is 5.87. The van der Waals surface area contributed by atoms with Crippen LogP contribution in [0.1, 0.15) is 5.56 Å². The summed E-state index contributed by atoms with van der Waals surface area (Å²) in [6.07, 6.45) is 1.91. The van der Waals surface area contributed by atoms with Gasteiger partial charge in [-0.1, -0.05) is 29.3 Å². The van der Waals surface area contributed by atoms with E-state index in [1.54, 1.807) is 22.9 Å². The van der Waals surface area contributed by atoms with Gasteiger partial charge in [0.1, 0.15) is 25.8 Å². The third-order valence-corrected chi connectivity index (χ3v) is 3.51. The molecule has 0 spiro atoms. The molecule has 8 heteroatoms. The van der Waals surface area contributed by atoms with Crippen molar-refractivity contribution in [3.63, 3.8) is 0 Å². The van der Waals surface area contributed by atoms with Gasteiger partial charge in [0.25, 0.3) is 0 Å². The van der Waals surface area contributed by atoms with Gasteiger partial charge in [0.05, 0.1) is 5.02 Å². The lowest BCUT2D eigenvalue weighted by atomic mass is 10.1. The molecule has 1 aliphatic rings. The first-order valence-corrected chi connectivity index (χ1v) is 6.62. The van der Waals surface area contributed by atoms with E-state index in [4.69, 9.17) is 32.7 Å². The van der Waals surface area contributed by atoms with Crippen molar-refractivity contribution in [2.45, 2.75) is 18.6 Å². The Bertz CT molecular complexity index is 608. The Labute approximate surface area is 124 Å². The number of hydrogen-bond acceptors (Lipinski definition) is 5. The minimum atomic E-state index is -1.21. The highest BCUT2D eigenvalue weighted by Crippen LogP contribution is 2.39. The monoisotopic (exact) mass is 315 g/mol. The fourth-order valence-corrected chi connectivity index (χ4v) is 2.68. The van der Waals surface area contributed by atoms with Crippen LogP contribution in [0.3, 0.4) is 0 Å². The molecule has 2 unspecified atom stereocenters. The quantitative estimate of drug-likeness (QED) is 0.935. The number of rotatable bonds is 3. The lowest BCUT2D eigenvalue weighted by molar-refractivity contribution is -0.215. The van der Waals surface area contributed by atoms with Gasteiger partial charge in [0.15, 0.2) is 6.29 Å². The van der Waals surface area contributed by atoms with E-state index >= 15 is 0 Å². The molecule has 1 fully saturated rings. The summed E-state index contributed by atoms with van der Waals surface area (Å²) in [5, 5.41) is 14.6. The standard InChI is InChI=1S/C12H11Cl2N3O3/c13-8-1-2-9(10(14)3-8)12(19-4-11(18)20-12)5-17-7-15-6-16-17/h1-3,6-7,11,18H,4-5H2. The zero-order valence-electron chi connectivity index (χ0n) is 10.2. The van der Waals surface area contributed by atoms with E-state index in [-0.39, 0.29) is 13.2 Å². The van der Waals surface area contributed by atoms with Crippen LogP contribution in [-0.4, -0.2) is 32.8 Å². The number of ether oxygens (including phenoxy) is 2. The molecular formula is C12H11Cl2N3O3. The number of aliphatic hydroxyl groups excluding tert-OH is 1. The largest absolute Gasteiger partial charge is 0.366 e. The van der Waals surface area contributed by atoms with Gasteiger partial charge in [0.2, 0.25) is 5.79 Å². The summed E-state index contributed by atoms with van der Waals surface area (Å²) < 4.78 is 12.7. The maximum absolute atomic E-state index is 9.64. The van der Waals surface area contributed by atoms with Crippen molar-refractivity contribution >= 4 is 23.2 Å². The van der Waals surface area contributed by atoms with E-state index in [2.05, 4.69) is 10.1 Å². The van der Waals surface area contributed by atoms with Gasteiger partial charge < -0.3 is 14.6 Å². The lowest BCUT2D eigenvalue weighted by Crippen LogP contribution is -2.34. The molecule has 0 saturated carbocycles. The molecule has 0 radical (unpaired) electrons. The van der Waals surface area contributed by atoms with Crippen LogP contribution in [0.15, 0.2) is 30.9 Å². The first-order chi connectivity index (χ1) is 9.59. The Hall–Kier alpha value is -1.18. The van der Waals surface area contributed by atoms with Crippen LogP contribution in [0.5, 0.6) is 0 Å². The molecule has 0 amide bonds. The third kappa shape index (κ3) is 2.53. The van der Waals surface area contributed by atoms with Crippen LogP contribution in [0.25, 0.3) is 0 Å². The van der Waals surface area contributed by atoms with E-state index in [1.165, 1.54) is 12.7 Å². The molecule has 1 aliphatic heterocycles. The van der Waals surface area contributed by atoms with Gasteiger partial charge in [0, 0.05) is 10.6 Å². The molecule has 0 bridgehead atoms. The SMILES string of the molecule is OC1COC(Cn2cncn2)(c2ccc(Cl)cc2Cl)O1. The highest BCUT2D eigenvalue weighted by atomic mass is 35.5. The van der Waals surface area contributed by atoms with E-state index in [0.717, 1.165) is 0 Å². The second-order valence-electron chi connectivity index (χ2n) is 4.35. The summed E-state index contributed by atoms with van der Waals surface area (Å²) in [4.78, 5) is 3.87. The fourth-order valence-electron chi connectivity index (χ4n) is 2.13. The molecule has 2 aromatic rings. The highest BCUT2D eigenvalue weighted by Gasteiger charge is 2.45. The molecule has 20 heavy (non-hydrogen) atoms. The molecular weight excluding hydrogens is 305 g/mol. The Morgan fingerprint density at radius 3 is 2.90 bits per heavy atom. The van der Waals surface area contributed by atoms with Gasteiger partial charge in [-0.3, -0.25) is 0 Å². The maximum Gasteiger partial charge on any atom is 0.219 e. The summed E-state index contributed by atoms with van der Waals surface area (Å²) in [7, 11) is 0. The van der Waals surface area contributed by atoms with Crippen LogP contribution >= 0.6 is 23.2 Å². The van der Waals surface area contributed by atoms with Crippen molar-refractivity contribution in [1.82, 2.24) is 14.8 Å². The number of aromatic nitrogens is 3. The van der Waals surface area contributed by atoms with E-state index in [0.29, 0.717) is 15.6 Å². The van der Waals surface area contributed by atoms with Crippen LogP contribution in [0, 0.1) is 0 Å². The summed E-state index contributed by atoms with van der Waals surface area (Å²) in [6, 6.07) is 4.99. The molecule has 2 heterocycles. The predicted molar refractivity (Wildman–Crippen MR) is 71.2 cm³/mol. The summed E-state index contributed by atoms with van der Waals surface area (Å²) >= 11 is 12.1. The number of halogens is 2. The average molecular weight is 316 g/mol. The molecule has 0 aliphatic carbocycles. The number of hydrogen-bond donors (Lipinski definition) is 1. The second kappa shape index (κ2) is 5.31. The van der Waals surface area contributed by atoms with E-state index in [1.807, 2.05) is 0 Å². The van der Waals surface area contributed by atoms with Gasteiger partial charge in [-0.05, 0) is 12.1 Å². The first kappa shape index (κ1) is 13.8. The molecule has 1 saturated heterocycles. The Morgan fingerprint density at radius 1 is 1.45 bits per heavy atom. The molecule has 1 aromatic carbocycles. The summed E-state index contributed by atoms with van der Waals surface area (Å²) in [5.41, 5.74) is 0.579. The predicted octanol–water partition coefficient (Wildman–Crippen LogP) is 1.80. The fraction of sp³-hybridized carbons (Fsp3) is 0.333. The maximum atomic E-state index is 9.64. The average Bonchev–Trinajstić information content (AvgIpc) is 3.00. The Morgan fingerprint density at radius 2 is 2.30 bits per heavy atom. The van der Waals surface area contributed by atoms with Crippen molar-refractivity contribution in [3.8, 4) is 0 Å². The van der Waals surface area contributed by atoms with E-state index in [9.17, 15) is 5.11 Å². The topological polar surface area (TPSA) is 69.4 Å². The van der Waals surface area contributed by atoms with Crippen LogP contribution in [0.4, 0.5) is 0 Å². The minimum Gasteiger partial charge on any atom is -0.366 e. The molecule has 2 atom stereocenters. The van der Waals surface area contributed by atoms with Crippen molar-refractivity contribution < 1.29 is 14.6 Å². The van der Waals surface area contributed by atoms with Crippen molar-refractivity contribution in [3.05, 3.63) is 46.5 Å². The van der Waals surface area contributed by atoms with Gasteiger partial charge in [-0.25, -0.2) is 9.67 Å². The normalized spacial score (nSPS) is 26.1. The number of aliphatic hydroxyl groups is 1. The van der Waals surface area contributed by atoms with Gasteiger partial charge in [-0.2, -0.15) is 5.10 Å². The number of nitrogens with zero attached hydrogens (tertiary/aromatic N) is 3. The minimum absolute atomic E-state index is 0.0493. The van der Waals surface area contributed by atoms with Crippen molar-refractivity contribution in [1.29, 1.82) is 0 Å². The lowest BCUT2D eigenvalue weighted by Gasteiger charge is -2.28.